The predicted molar refractivity (Wildman–Crippen MR) is 128 cm³/mol. The number of aromatic nitrogens is 6. The van der Waals surface area contributed by atoms with Crippen molar-refractivity contribution in [3.63, 3.8) is 0 Å². The van der Waals surface area contributed by atoms with E-state index in [0.29, 0.717) is 50.8 Å². The molecule has 1 saturated heterocycles. The molecule has 10 heteroatoms. The average molecular weight is 462 g/mol. The summed E-state index contributed by atoms with van der Waals surface area (Å²) >= 11 is 6.37. The van der Waals surface area contributed by atoms with Crippen molar-refractivity contribution in [2.75, 3.05) is 11.4 Å². The molecule has 3 aromatic heterocycles. The molecule has 1 aliphatic heterocycles. The van der Waals surface area contributed by atoms with Gasteiger partial charge in [0.2, 0.25) is 0 Å². The SMILES string of the molecule is C=C/C(=C\C)n1c(C2CCCN2c2ncnc3nc[nH]c(=O)c23)nc2cccc(Cl)c2c1=O. The standard InChI is InChI=1S/C23H20ClN7O2/c1-3-13(4-2)31-20(29-15-8-5-7-14(24)17(15)23(31)33)16-9-6-10-30(16)21-18-19(25-11-27-21)26-12-28-22(18)32/h3-5,7-8,11-12,16H,1,6,9-10H2,2H3,(H,25,26,27,28,32)/b13-4+. The van der Waals surface area contributed by atoms with Gasteiger partial charge in [0.05, 0.1) is 28.3 Å². The number of fused-ring (bicyclic) bond motifs is 2. The Bertz CT molecular complexity index is 1550. The molecule has 4 heterocycles. The van der Waals surface area contributed by atoms with E-state index in [1.165, 1.54) is 12.7 Å². The second-order valence-corrected chi connectivity index (χ2v) is 8.05. The Hall–Kier alpha value is -3.85. The van der Waals surface area contributed by atoms with Gasteiger partial charge < -0.3 is 9.88 Å². The van der Waals surface area contributed by atoms with Gasteiger partial charge in [0, 0.05) is 12.2 Å². The fourth-order valence-corrected chi connectivity index (χ4v) is 4.67. The minimum Gasteiger partial charge on any atom is -0.346 e. The zero-order chi connectivity index (χ0) is 23.1. The molecule has 0 spiro atoms. The molecular weight excluding hydrogens is 442 g/mol. The number of H-pyrrole nitrogens is 1. The Balaban J connectivity index is 1.79. The number of halogens is 1. The second-order valence-electron chi connectivity index (χ2n) is 7.64. The van der Waals surface area contributed by atoms with Gasteiger partial charge in [-0.1, -0.05) is 30.3 Å². The molecule has 1 fully saturated rings. The van der Waals surface area contributed by atoms with E-state index < -0.39 is 0 Å². The molecule has 1 aliphatic rings. The zero-order valence-electron chi connectivity index (χ0n) is 17.8. The summed E-state index contributed by atoms with van der Waals surface area (Å²) in [6, 6.07) is 4.90. The number of anilines is 1. The number of hydrogen-bond donors (Lipinski definition) is 1. The van der Waals surface area contributed by atoms with E-state index >= 15 is 0 Å². The van der Waals surface area contributed by atoms with Gasteiger partial charge in [-0.15, -0.1) is 0 Å². The number of aromatic amines is 1. The molecule has 0 radical (unpaired) electrons. The normalized spacial score (nSPS) is 16.6. The molecule has 166 valence electrons. The predicted octanol–water partition coefficient (Wildman–Crippen LogP) is 3.46. The minimum atomic E-state index is -0.322. The second kappa shape index (κ2) is 8.25. The summed E-state index contributed by atoms with van der Waals surface area (Å²) in [5.74, 6) is 0.997. The fraction of sp³-hybridized carbons (Fsp3) is 0.217. The molecule has 0 aliphatic carbocycles. The highest BCUT2D eigenvalue weighted by Gasteiger charge is 2.33. The Morgan fingerprint density at radius 1 is 1.24 bits per heavy atom. The molecule has 9 nitrogen and oxygen atoms in total. The first-order chi connectivity index (χ1) is 16.0. The van der Waals surface area contributed by atoms with Crippen molar-refractivity contribution < 1.29 is 0 Å². The number of benzene rings is 1. The van der Waals surface area contributed by atoms with E-state index in [1.807, 2.05) is 11.8 Å². The van der Waals surface area contributed by atoms with Crippen molar-refractivity contribution in [1.29, 1.82) is 0 Å². The summed E-state index contributed by atoms with van der Waals surface area (Å²) in [6.07, 6.45) is 7.67. The van der Waals surface area contributed by atoms with E-state index in [0.717, 1.165) is 12.8 Å². The van der Waals surface area contributed by atoms with Crippen molar-refractivity contribution in [2.45, 2.75) is 25.8 Å². The lowest BCUT2D eigenvalue weighted by atomic mass is 10.1. The van der Waals surface area contributed by atoms with E-state index in [1.54, 1.807) is 34.9 Å². The quantitative estimate of drug-likeness (QED) is 0.463. The number of nitrogens with zero attached hydrogens (tertiary/aromatic N) is 6. The van der Waals surface area contributed by atoms with Gasteiger partial charge >= 0.3 is 0 Å². The number of allylic oxidation sites excluding steroid dienone is 3. The Labute approximate surface area is 193 Å². The molecule has 1 N–H and O–H groups in total. The maximum atomic E-state index is 13.6. The smallest absolute Gasteiger partial charge is 0.267 e. The van der Waals surface area contributed by atoms with E-state index in [2.05, 4.69) is 26.5 Å². The van der Waals surface area contributed by atoms with Crippen molar-refractivity contribution in [2.24, 2.45) is 0 Å². The number of rotatable bonds is 4. The summed E-state index contributed by atoms with van der Waals surface area (Å²) < 4.78 is 1.55. The lowest BCUT2D eigenvalue weighted by Crippen LogP contribution is -2.33. The average Bonchev–Trinajstić information content (AvgIpc) is 3.30. The zero-order valence-corrected chi connectivity index (χ0v) is 18.6. The maximum absolute atomic E-state index is 13.6. The molecule has 4 aromatic rings. The summed E-state index contributed by atoms with van der Waals surface area (Å²) in [7, 11) is 0. The van der Waals surface area contributed by atoms with Gasteiger partial charge in [0.15, 0.2) is 5.65 Å². The van der Waals surface area contributed by atoms with Crippen molar-refractivity contribution in [3.8, 4) is 0 Å². The first kappa shape index (κ1) is 21.0. The van der Waals surface area contributed by atoms with Crippen LogP contribution in [-0.2, 0) is 0 Å². The summed E-state index contributed by atoms with van der Waals surface area (Å²) in [4.78, 5) is 48.5. The first-order valence-electron chi connectivity index (χ1n) is 10.5. The van der Waals surface area contributed by atoms with Crippen LogP contribution in [0, 0.1) is 0 Å². The van der Waals surface area contributed by atoms with Gasteiger partial charge in [-0.05, 0) is 38.0 Å². The van der Waals surface area contributed by atoms with E-state index in [9.17, 15) is 9.59 Å². The van der Waals surface area contributed by atoms with Crippen molar-refractivity contribution >= 4 is 45.1 Å². The highest BCUT2D eigenvalue weighted by molar-refractivity contribution is 6.35. The van der Waals surface area contributed by atoms with Gasteiger partial charge in [0.25, 0.3) is 11.1 Å². The van der Waals surface area contributed by atoms with Crippen LogP contribution in [0.25, 0.3) is 27.6 Å². The summed E-state index contributed by atoms with van der Waals surface area (Å²) in [6.45, 7) is 6.34. The van der Waals surface area contributed by atoms with Gasteiger partial charge in [-0.2, -0.15) is 0 Å². The molecular formula is C23H20ClN7O2. The van der Waals surface area contributed by atoms with Crippen LogP contribution in [0.4, 0.5) is 5.82 Å². The van der Waals surface area contributed by atoms with Crippen LogP contribution in [0.5, 0.6) is 0 Å². The first-order valence-corrected chi connectivity index (χ1v) is 10.9. The van der Waals surface area contributed by atoms with Crippen LogP contribution in [0.1, 0.15) is 31.6 Å². The lowest BCUT2D eigenvalue weighted by molar-refractivity contribution is 0.639. The van der Waals surface area contributed by atoms with Crippen LogP contribution in [0.2, 0.25) is 5.02 Å². The highest BCUT2D eigenvalue weighted by Crippen LogP contribution is 2.37. The number of hydrogen-bond acceptors (Lipinski definition) is 7. The Morgan fingerprint density at radius 2 is 2.09 bits per heavy atom. The largest absolute Gasteiger partial charge is 0.346 e. The van der Waals surface area contributed by atoms with Gasteiger partial charge in [-0.25, -0.2) is 19.9 Å². The molecule has 0 bridgehead atoms. The molecule has 1 aromatic carbocycles. The van der Waals surface area contributed by atoms with Crippen LogP contribution >= 0.6 is 11.6 Å². The van der Waals surface area contributed by atoms with Gasteiger partial charge in [0.1, 0.15) is 23.4 Å². The summed E-state index contributed by atoms with van der Waals surface area (Å²) in [5, 5.41) is 0.994. The molecule has 0 amide bonds. The van der Waals surface area contributed by atoms with Crippen LogP contribution in [-0.4, -0.2) is 36.0 Å². The topological polar surface area (TPSA) is 110 Å². The fourth-order valence-electron chi connectivity index (χ4n) is 4.42. The van der Waals surface area contributed by atoms with Crippen LogP contribution < -0.4 is 16.0 Å². The van der Waals surface area contributed by atoms with Crippen molar-refractivity contribution in [3.05, 3.63) is 81.1 Å². The third-order valence-corrected chi connectivity index (χ3v) is 6.19. The monoisotopic (exact) mass is 461 g/mol. The minimum absolute atomic E-state index is 0.271. The molecule has 1 atom stereocenters. The third kappa shape index (κ3) is 3.32. The van der Waals surface area contributed by atoms with E-state index in [4.69, 9.17) is 16.6 Å². The van der Waals surface area contributed by atoms with E-state index in [-0.39, 0.29) is 17.2 Å². The highest BCUT2D eigenvalue weighted by atomic mass is 35.5. The van der Waals surface area contributed by atoms with Crippen molar-refractivity contribution in [1.82, 2.24) is 29.5 Å². The number of nitrogens with one attached hydrogen (secondary N) is 1. The lowest BCUT2D eigenvalue weighted by Gasteiger charge is -2.28. The molecule has 5 rings (SSSR count). The van der Waals surface area contributed by atoms with Crippen LogP contribution in [0.3, 0.4) is 0 Å². The Morgan fingerprint density at radius 3 is 2.88 bits per heavy atom. The van der Waals surface area contributed by atoms with Crippen LogP contribution in [0.15, 0.2) is 59.2 Å². The maximum Gasteiger partial charge on any atom is 0.267 e. The molecule has 1 unspecified atom stereocenters. The Kier molecular flexibility index (Phi) is 5.26. The molecule has 33 heavy (non-hydrogen) atoms. The summed E-state index contributed by atoms with van der Waals surface area (Å²) in [5.41, 5.74) is 0.829. The molecule has 0 saturated carbocycles. The third-order valence-electron chi connectivity index (χ3n) is 5.88. The van der Waals surface area contributed by atoms with Gasteiger partial charge in [-0.3, -0.25) is 14.2 Å².